The van der Waals surface area contributed by atoms with Crippen LogP contribution < -0.4 is 4.72 Å². The minimum absolute atomic E-state index is 0.373. The molecular weight excluding hydrogens is 382 g/mol. The van der Waals surface area contributed by atoms with Crippen LogP contribution in [0.2, 0.25) is 0 Å². The van der Waals surface area contributed by atoms with Crippen molar-refractivity contribution in [3.8, 4) is 0 Å². The van der Waals surface area contributed by atoms with Crippen LogP contribution in [0.1, 0.15) is 25.7 Å². The molecule has 19 heavy (non-hydrogen) atoms. The van der Waals surface area contributed by atoms with Gasteiger partial charge in [0.25, 0.3) is 0 Å². The molecule has 1 heterocycles. The summed E-state index contributed by atoms with van der Waals surface area (Å²) in [6.45, 7) is 1.10. The van der Waals surface area contributed by atoms with Gasteiger partial charge in [0.2, 0.25) is 0 Å². The Morgan fingerprint density at radius 3 is 2.37 bits per heavy atom. The zero-order valence-corrected chi connectivity index (χ0v) is 13.4. The maximum absolute atomic E-state index is 13.0. The monoisotopic (exact) mass is 398 g/mol. The average Bonchev–Trinajstić information content (AvgIpc) is 2.62. The Morgan fingerprint density at radius 2 is 1.79 bits per heavy atom. The largest absolute Gasteiger partial charge is 0.301 e. The van der Waals surface area contributed by atoms with Gasteiger partial charge in [0.1, 0.15) is 5.82 Å². The van der Waals surface area contributed by atoms with Gasteiger partial charge in [-0.2, -0.15) is 12.7 Å². The molecule has 0 amide bonds. The maximum Gasteiger partial charge on any atom is 0.301 e. The summed E-state index contributed by atoms with van der Waals surface area (Å²) in [4.78, 5) is 0. The molecule has 1 aromatic carbocycles. The van der Waals surface area contributed by atoms with Gasteiger partial charge in [0.05, 0.1) is 5.69 Å². The topological polar surface area (TPSA) is 49.4 Å². The van der Waals surface area contributed by atoms with Gasteiger partial charge in [-0.25, -0.2) is 4.39 Å². The smallest absolute Gasteiger partial charge is 0.270 e. The van der Waals surface area contributed by atoms with Gasteiger partial charge < -0.3 is 0 Å². The Hall–Kier alpha value is -0.410. The Labute approximate surface area is 126 Å². The minimum atomic E-state index is -3.54. The summed E-state index contributed by atoms with van der Waals surface area (Å²) in [5.41, 5.74) is 0.422. The number of hydrogen-bond acceptors (Lipinski definition) is 2. The van der Waals surface area contributed by atoms with Crippen LogP contribution in [0.5, 0.6) is 0 Å². The normalized spacial score (nSPS) is 18.0. The van der Waals surface area contributed by atoms with Gasteiger partial charge in [0.15, 0.2) is 0 Å². The standard InChI is InChI=1S/C12H16FIN2O2S/c13-10-5-6-12(11(14)9-10)15-19(17,18)16-7-3-1-2-4-8-16/h5-6,9,15H,1-4,7-8H2. The summed E-state index contributed by atoms with van der Waals surface area (Å²) in [5, 5.41) is 0. The Morgan fingerprint density at radius 1 is 1.16 bits per heavy atom. The first-order valence-corrected chi connectivity index (χ1v) is 8.74. The van der Waals surface area contributed by atoms with Gasteiger partial charge in [-0.15, -0.1) is 0 Å². The number of nitrogens with one attached hydrogen (secondary N) is 1. The second-order valence-electron chi connectivity index (χ2n) is 4.54. The van der Waals surface area contributed by atoms with Crippen molar-refractivity contribution >= 4 is 38.5 Å². The van der Waals surface area contributed by atoms with Crippen LogP contribution >= 0.6 is 22.6 Å². The summed E-state index contributed by atoms with van der Waals surface area (Å²) in [5.74, 6) is -0.373. The number of nitrogens with zero attached hydrogens (tertiary/aromatic N) is 1. The van der Waals surface area contributed by atoms with Gasteiger partial charge in [-0.1, -0.05) is 12.8 Å². The van der Waals surface area contributed by atoms with Gasteiger partial charge >= 0.3 is 10.2 Å². The molecule has 0 aromatic heterocycles. The first kappa shape index (κ1) is 15.0. The summed E-state index contributed by atoms with van der Waals surface area (Å²) in [6, 6.07) is 4.01. The number of rotatable bonds is 3. The Kier molecular flexibility index (Phi) is 5.02. The lowest BCUT2D eigenvalue weighted by Crippen LogP contribution is -2.36. The van der Waals surface area contributed by atoms with E-state index in [0.29, 0.717) is 22.3 Å². The van der Waals surface area contributed by atoms with E-state index in [1.807, 2.05) is 22.6 Å². The van der Waals surface area contributed by atoms with E-state index in [2.05, 4.69) is 4.72 Å². The molecule has 1 aliphatic rings. The van der Waals surface area contributed by atoms with E-state index in [9.17, 15) is 12.8 Å². The highest BCUT2D eigenvalue weighted by atomic mass is 127. The van der Waals surface area contributed by atoms with Crippen molar-refractivity contribution in [2.45, 2.75) is 25.7 Å². The van der Waals surface area contributed by atoms with Gasteiger partial charge in [-0.05, 0) is 53.6 Å². The molecule has 106 valence electrons. The number of halogens is 2. The summed E-state index contributed by atoms with van der Waals surface area (Å²) < 4.78 is 42.1. The highest BCUT2D eigenvalue weighted by Gasteiger charge is 2.23. The molecule has 1 aliphatic heterocycles. The predicted molar refractivity (Wildman–Crippen MR) is 81.7 cm³/mol. The summed E-state index contributed by atoms with van der Waals surface area (Å²) in [6.07, 6.45) is 3.92. The lowest BCUT2D eigenvalue weighted by molar-refractivity contribution is 0.427. The SMILES string of the molecule is O=S(=O)(Nc1ccc(F)cc1I)N1CCCCCC1. The lowest BCUT2D eigenvalue weighted by Gasteiger charge is -2.21. The van der Waals surface area contributed by atoms with Crippen LogP contribution in [0, 0.1) is 9.39 Å². The number of hydrogen-bond donors (Lipinski definition) is 1. The molecule has 0 saturated carbocycles. The second-order valence-corrected chi connectivity index (χ2v) is 7.38. The van der Waals surface area contributed by atoms with Crippen molar-refractivity contribution in [1.82, 2.24) is 4.31 Å². The molecule has 1 saturated heterocycles. The highest BCUT2D eigenvalue weighted by molar-refractivity contribution is 14.1. The van der Waals surface area contributed by atoms with E-state index in [-0.39, 0.29) is 5.82 Å². The zero-order valence-electron chi connectivity index (χ0n) is 10.4. The van der Waals surface area contributed by atoms with Crippen LogP contribution in [0.3, 0.4) is 0 Å². The van der Waals surface area contributed by atoms with Crippen molar-refractivity contribution in [3.05, 3.63) is 27.6 Å². The van der Waals surface area contributed by atoms with E-state index in [1.165, 1.54) is 22.5 Å². The van der Waals surface area contributed by atoms with Gasteiger partial charge in [0, 0.05) is 16.7 Å². The maximum atomic E-state index is 13.0. The molecule has 1 fully saturated rings. The molecule has 0 aliphatic carbocycles. The minimum Gasteiger partial charge on any atom is -0.270 e. The van der Waals surface area contributed by atoms with Crippen molar-refractivity contribution < 1.29 is 12.8 Å². The third-order valence-corrected chi connectivity index (χ3v) is 5.49. The van der Waals surface area contributed by atoms with Crippen molar-refractivity contribution in [1.29, 1.82) is 0 Å². The van der Waals surface area contributed by atoms with Crippen molar-refractivity contribution in [2.24, 2.45) is 0 Å². The molecule has 4 nitrogen and oxygen atoms in total. The van der Waals surface area contributed by atoms with E-state index in [1.54, 1.807) is 0 Å². The fraction of sp³-hybridized carbons (Fsp3) is 0.500. The van der Waals surface area contributed by atoms with Gasteiger partial charge in [-0.3, -0.25) is 4.72 Å². The molecule has 1 N–H and O–H groups in total. The van der Waals surface area contributed by atoms with Crippen molar-refractivity contribution in [3.63, 3.8) is 0 Å². The van der Waals surface area contributed by atoms with Crippen LogP contribution in [0.25, 0.3) is 0 Å². The molecule has 0 atom stereocenters. The average molecular weight is 398 g/mol. The van der Waals surface area contributed by atoms with Crippen LogP contribution in [0.15, 0.2) is 18.2 Å². The molecule has 0 spiro atoms. The molecule has 2 rings (SSSR count). The molecular formula is C12H16FIN2O2S. The highest BCUT2D eigenvalue weighted by Crippen LogP contribution is 2.22. The third-order valence-electron chi connectivity index (χ3n) is 3.08. The fourth-order valence-corrected chi connectivity index (χ4v) is 4.18. The molecule has 7 heteroatoms. The molecule has 0 unspecified atom stereocenters. The zero-order chi connectivity index (χ0) is 13.9. The molecule has 0 radical (unpaired) electrons. The Balaban J connectivity index is 2.15. The van der Waals surface area contributed by atoms with E-state index < -0.39 is 10.2 Å². The van der Waals surface area contributed by atoms with Crippen LogP contribution in [0.4, 0.5) is 10.1 Å². The summed E-state index contributed by atoms with van der Waals surface area (Å²) >= 11 is 1.92. The van der Waals surface area contributed by atoms with Crippen molar-refractivity contribution in [2.75, 3.05) is 17.8 Å². The first-order valence-electron chi connectivity index (χ1n) is 6.22. The van der Waals surface area contributed by atoms with Crippen LogP contribution in [-0.2, 0) is 10.2 Å². The first-order chi connectivity index (χ1) is 8.99. The van der Waals surface area contributed by atoms with E-state index >= 15 is 0 Å². The number of anilines is 1. The summed E-state index contributed by atoms with van der Waals surface area (Å²) in [7, 11) is -3.54. The molecule has 1 aromatic rings. The lowest BCUT2D eigenvalue weighted by atomic mass is 10.2. The third kappa shape index (κ3) is 4.03. The predicted octanol–water partition coefficient (Wildman–Crippen LogP) is 2.96. The van der Waals surface area contributed by atoms with E-state index in [4.69, 9.17) is 0 Å². The number of benzene rings is 1. The quantitative estimate of drug-likeness (QED) is 0.797. The second kappa shape index (κ2) is 6.36. The fourth-order valence-electron chi connectivity index (χ4n) is 2.06. The van der Waals surface area contributed by atoms with Crippen LogP contribution in [-0.4, -0.2) is 25.8 Å². The molecule has 0 bridgehead atoms. The Bertz CT molecular complexity index is 543. The van der Waals surface area contributed by atoms with E-state index in [0.717, 1.165) is 25.7 Å².